The molecule has 1 rings (SSSR count). The maximum atomic E-state index is 12.2. The molecule has 0 spiro atoms. The van der Waals surface area contributed by atoms with Gasteiger partial charge < -0.3 is 10.2 Å². The van der Waals surface area contributed by atoms with Crippen molar-refractivity contribution in [2.24, 2.45) is 0 Å². The predicted molar refractivity (Wildman–Crippen MR) is 75.8 cm³/mol. The number of carbonyl (C=O) groups is 2. The van der Waals surface area contributed by atoms with Gasteiger partial charge >= 0.3 is 0 Å². The number of hydrogen-bond donors (Lipinski definition) is 1. The van der Waals surface area contributed by atoms with E-state index in [1.54, 1.807) is 0 Å². The summed E-state index contributed by atoms with van der Waals surface area (Å²) in [6.07, 6.45) is 1.08. The van der Waals surface area contributed by atoms with Gasteiger partial charge in [-0.25, -0.2) is 0 Å². The van der Waals surface area contributed by atoms with Gasteiger partial charge in [0.25, 0.3) is 0 Å². The zero-order valence-corrected chi connectivity index (χ0v) is 13.0. The maximum absolute atomic E-state index is 12.2. The summed E-state index contributed by atoms with van der Waals surface area (Å²) in [6.45, 7) is 8.79. The van der Waals surface area contributed by atoms with Gasteiger partial charge in [0.05, 0.1) is 12.5 Å². The van der Waals surface area contributed by atoms with Crippen LogP contribution in [0.2, 0.25) is 0 Å². The molecule has 0 radical (unpaired) electrons. The number of amides is 2. The predicted octanol–water partition coefficient (Wildman–Crippen LogP) is 0.842. The van der Waals surface area contributed by atoms with Crippen LogP contribution in [0.3, 0.4) is 0 Å². The molecule has 2 unspecified atom stereocenters. The van der Waals surface area contributed by atoms with Gasteiger partial charge in [-0.05, 0) is 41.3 Å². The van der Waals surface area contributed by atoms with Crippen molar-refractivity contribution in [1.82, 2.24) is 15.1 Å². The molecule has 0 aromatic rings. The van der Waals surface area contributed by atoms with Crippen LogP contribution in [0, 0.1) is 0 Å². The Kier molecular flexibility index (Phi) is 5.10. The first kappa shape index (κ1) is 16.1. The number of likely N-dealkylation sites (N-methyl/N-ethyl adjacent to an activating group) is 1. The Hall–Kier alpha value is -0.940. The van der Waals surface area contributed by atoms with Crippen molar-refractivity contribution < 1.29 is 9.59 Å². The molecule has 2 atom stereocenters. The van der Waals surface area contributed by atoms with E-state index in [2.05, 4.69) is 24.1 Å². The second-order valence-corrected chi connectivity index (χ2v) is 6.20. The van der Waals surface area contributed by atoms with E-state index in [-0.39, 0.29) is 35.9 Å². The minimum Gasteiger partial charge on any atom is -0.304 e. The van der Waals surface area contributed by atoms with Crippen LogP contribution in [0.1, 0.15) is 40.5 Å². The highest BCUT2D eigenvalue weighted by Gasteiger charge is 2.40. The number of nitrogens with one attached hydrogen (secondary N) is 1. The molecule has 0 bridgehead atoms. The lowest BCUT2D eigenvalue weighted by molar-refractivity contribution is -0.141. The fraction of sp³-hybridized carbons (Fsp3) is 0.857. The topological polar surface area (TPSA) is 52.7 Å². The van der Waals surface area contributed by atoms with Crippen LogP contribution in [0.15, 0.2) is 0 Å². The summed E-state index contributed by atoms with van der Waals surface area (Å²) in [6, 6.07) is -0.366. The lowest BCUT2D eigenvalue weighted by Gasteiger charge is -2.33. The molecule has 110 valence electrons. The Labute approximate surface area is 116 Å². The summed E-state index contributed by atoms with van der Waals surface area (Å²) in [4.78, 5) is 27.7. The molecule has 0 aliphatic carbocycles. The van der Waals surface area contributed by atoms with Crippen molar-refractivity contribution in [1.29, 1.82) is 0 Å². The van der Waals surface area contributed by atoms with Gasteiger partial charge in [-0.2, -0.15) is 0 Å². The van der Waals surface area contributed by atoms with Gasteiger partial charge in [0.15, 0.2) is 0 Å². The van der Waals surface area contributed by atoms with E-state index < -0.39 is 0 Å². The third-order valence-corrected chi connectivity index (χ3v) is 4.21. The van der Waals surface area contributed by atoms with Crippen LogP contribution in [0.5, 0.6) is 0 Å². The number of likely N-dealkylation sites (tertiary alicyclic amines) is 1. The Bertz CT molecular complexity index is 353. The molecule has 1 fully saturated rings. The third-order valence-electron chi connectivity index (χ3n) is 4.21. The van der Waals surface area contributed by atoms with Crippen molar-refractivity contribution in [3.05, 3.63) is 0 Å². The molecular weight excluding hydrogens is 242 g/mol. The van der Waals surface area contributed by atoms with Crippen LogP contribution >= 0.6 is 0 Å². The monoisotopic (exact) mass is 269 g/mol. The summed E-state index contributed by atoms with van der Waals surface area (Å²) < 4.78 is 0. The third kappa shape index (κ3) is 3.54. The number of nitrogens with zero attached hydrogens (tertiary/aromatic N) is 2. The Morgan fingerprint density at radius 2 is 2.00 bits per heavy atom. The van der Waals surface area contributed by atoms with Gasteiger partial charge in [-0.3, -0.25) is 14.5 Å². The number of rotatable bonds is 6. The van der Waals surface area contributed by atoms with Crippen molar-refractivity contribution in [2.45, 2.75) is 58.2 Å². The Morgan fingerprint density at radius 1 is 1.42 bits per heavy atom. The van der Waals surface area contributed by atoms with E-state index in [0.717, 1.165) is 6.42 Å². The van der Waals surface area contributed by atoms with Crippen molar-refractivity contribution in [2.75, 3.05) is 20.6 Å². The van der Waals surface area contributed by atoms with E-state index in [4.69, 9.17) is 0 Å². The zero-order valence-electron chi connectivity index (χ0n) is 13.0. The quantitative estimate of drug-likeness (QED) is 0.726. The van der Waals surface area contributed by atoms with E-state index >= 15 is 0 Å². The first-order chi connectivity index (χ1) is 8.70. The highest BCUT2D eigenvalue weighted by molar-refractivity contribution is 6.05. The SMILES string of the molecule is CCC(C)N1C(=O)CC(NCC(C)(C)N(C)C)C1=O. The van der Waals surface area contributed by atoms with Gasteiger partial charge in [-0.1, -0.05) is 6.92 Å². The molecule has 1 heterocycles. The van der Waals surface area contributed by atoms with Crippen LogP contribution in [0.25, 0.3) is 0 Å². The summed E-state index contributed by atoms with van der Waals surface area (Å²) in [5, 5.41) is 3.24. The number of hydrogen-bond acceptors (Lipinski definition) is 4. The highest BCUT2D eigenvalue weighted by Crippen LogP contribution is 2.19. The van der Waals surface area contributed by atoms with E-state index in [1.807, 2.05) is 27.9 Å². The smallest absolute Gasteiger partial charge is 0.247 e. The molecule has 0 saturated carbocycles. The average molecular weight is 269 g/mol. The molecule has 19 heavy (non-hydrogen) atoms. The fourth-order valence-electron chi connectivity index (χ4n) is 1.99. The van der Waals surface area contributed by atoms with Gasteiger partial charge in [0.1, 0.15) is 0 Å². The van der Waals surface area contributed by atoms with Gasteiger partial charge in [0.2, 0.25) is 11.8 Å². The van der Waals surface area contributed by atoms with Crippen LogP contribution in [-0.4, -0.2) is 59.9 Å². The molecule has 5 nitrogen and oxygen atoms in total. The highest BCUT2D eigenvalue weighted by atomic mass is 16.2. The summed E-state index contributed by atoms with van der Waals surface area (Å²) in [5.41, 5.74) is -0.0485. The van der Waals surface area contributed by atoms with E-state index in [1.165, 1.54) is 4.90 Å². The van der Waals surface area contributed by atoms with Crippen LogP contribution in [0.4, 0.5) is 0 Å². The minimum absolute atomic E-state index is 0.00587. The summed E-state index contributed by atoms with van der Waals surface area (Å²) in [7, 11) is 4.02. The first-order valence-corrected chi connectivity index (χ1v) is 6.97. The lowest BCUT2D eigenvalue weighted by atomic mass is 10.0. The van der Waals surface area contributed by atoms with E-state index in [0.29, 0.717) is 6.54 Å². The molecule has 1 saturated heterocycles. The molecule has 2 amide bonds. The molecule has 5 heteroatoms. The summed E-state index contributed by atoms with van der Waals surface area (Å²) >= 11 is 0. The largest absolute Gasteiger partial charge is 0.304 e. The van der Waals surface area contributed by atoms with E-state index in [9.17, 15) is 9.59 Å². The second kappa shape index (κ2) is 6.01. The normalized spacial score (nSPS) is 22.5. The van der Waals surface area contributed by atoms with Crippen molar-refractivity contribution in [3.8, 4) is 0 Å². The van der Waals surface area contributed by atoms with Crippen molar-refractivity contribution >= 4 is 11.8 Å². The lowest BCUT2D eigenvalue weighted by Crippen LogP contribution is -2.51. The Morgan fingerprint density at radius 3 is 2.47 bits per heavy atom. The second-order valence-electron chi connectivity index (χ2n) is 6.20. The molecule has 1 aliphatic heterocycles. The van der Waals surface area contributed by atoms with Crippen molar-refractivity contribution in [3.63, 3.8) is 0 Å². The minimum atomic E-state index is -0.360. The first-order valence-electron chi connectivity index (χ1n) is 6.97. The molecule has 1 N–H and O–H groups in total. The van der Waals surface area contributed by atoms with Crippen LogP contribution in [-0.2, 0) is 9.59 Å². The van der Waals surface area contributed by atoms with Gasteiger partial charge in [-0.15, -0.1) is 0 Å². The standard InChI is InChI=1S/C14H27N3O2/c1-7-10(2)17-12(18)8-11(13(17)19)15-9-14(3,4)16(5)6/h10-11,15H,7-9H2,1-6H3. The average Bonchev–Trinajstić information content (AvgIpc) is 2.61. The molecule has 1 aliphatic rings. The zero-order chi connectivity index (χ0) is 14.8. The summed E-state index contributed by atoms with van der Waals surface area (Å²) in [5.74, 6) is -0.131. The van der Waals surface area contributed by atoms with Gasteiger partial charge in [0, 0.05) is 18.1 Å². The van der Waals surface area contributed by atoms with Crippen LogP contribution < -0.4 is 5.32 Å². The maximum Gasteiger partial charge on any atom is 0.247 e. The molecule has 0 aromatic heterocycles. The molecular formula is C14H27N3O2. The Balaban J connectivity index is 2.63. The number of carbonyl (C=O) groups excluding carboxylic acids is 2. The molecule has 0 aromatic carbocycles. The fourth-order valence-corrected chi connectivity index (χ4v) is 1.99. The number of imide groups is 1.